The van der Waals surface area contributed by atoms with Gasteiger partial charge in [0, 0.05) is 26.1 Å². The third kappa shape index (κ3) is 1.80. The van der Waals surface area contributed by atoms with Gasteiger partial charge in [-0.25, -0.2) is 0 Å². The van der Waals surface area contributed by atoms with E-state index in [2.05, 4.69) is 54.6 Å². The minimum absolute atomic E-state index is 0.0606. The Morgan fingerprint density at radius 2 is 1.55 bits per heavy atom. The van der Waals surface area contributed by atoms with Crippen LogP contribution in [0.5, 0.6) is 0 Å². The maximum Gasteiger partial charge on any atom is 0.109 e. The standard InChI is InChI=1S/C18H18O2/c1-2-6-14(7-3-1)17-15-8-4-5-9-16(15)18(20-17)10-12-19-13-11-18/h1-9,17H,10-13H2. The molecule has 0 amide bonds. The molecule has 1 saturated heterocycles. The first-order valence-corrected chi connectivity index (χ1v) is 7.29. The predicted octanol–water partition coefficient (Wildman–Crippen LogP) is 3.81. The minimum atomic E-state index is -0.144. The van der Waals surface area contributed by atoms with Crippen molar-refractivity contribution >= 4 is 0 Å². The predicted molar refractivity (Wildman–Crippen MR) is 77.5 cm³/mol. The van der Waals surface area contributed by atoms with Gasteiger partial charge in [0.2, 0.25) is 0 Å². The zero-order valence-electron chi connectivity index (χ0n) is 11.4. The molecule has 20 heavy (non-hydrogen) atoms. The molecule has 0 bridgehead atoms. The van der Waals surface area contributed by atoms with Crippen molar-refractivity contribution < 1.29 is 9.47 Å². The lowest BCUT2D eigenvalue weighted by Gasteiger charge is -2.34. The maximum absolute atomic E-state index is 6.57. The summed E-state index contributed by atoms with van der Waals surface area (Å²) < 4.78 is 12.1. The monoisotopic (exact) mass is 266 g/mol. The van der Waals surface area contributed by atoms with Crippen LogP contribution in [0.1, 0.15) is 35.6 Å². The van der Waals surface area contributed by atoms with Crippen LogP contribution >= 0.6 is 0 Å². The number of fused-ring (bicyclic) bond motifs is 2. The fourth-order valence-electron chi connectivity index (χ4n) is 3.46. The fourth-order valence-corrected chi connectivity index (χ4v) is 3.46. The summed E-state index contributed by atoms with van der Waals surface area (Å²) in [5.41, 5.74) is 3.77. The molecule has 2 heteroatoms. The first kappa shape index (κ1) is 12.1. The third-order valence-corrected chi connectivity index (χ3v) is 4.48. The average Bonchev–Trinajstić information content (AvgIpc) is 2.84. The highest BCUT2D eigenvalue weighted by Gasteiger charge is 2.45. The van der Waals surface area contributed by atoms with Gasteiger partial charge in [0.05, 0.1) is 5.60 Å². The Bertz CT molecular complexity index is 600. The summed E-state index contributed by atoms with van der Waals surface area (Å²) in [7, 11) is 0. The Hall–Kier alpha value is -1.64. The molecule has 2 aromatic rings. The van der Waals surface area contributed by atoms with E-state index in [0.717, 1.165) is 26.1 Å². The molecule has 0 N–H and O–H groups in total. The van der Waals surface area contributed by atoms with Crippen molar-refractivity contribution in [1.29, 1.82) is 0 Å². The summed E-state index contributed by atoms with van der Waals surface area (Å²) in [6, 6.07) is 19.2. The highest BCUT2D eigenvalue weighted by molar-refractivity contribution is 5.43. The topological polar surface area (TPSA) is 18.5 Å². The van der Waals surface area contributed by atoms with Crippen LogP contribution in [-0.4, -0.2) is 13.2 Å². The van der Waals surface area contributed by atoms with Crippen molar-refractivity contribution in [2.45, 2.75) is 24.5 Å². The van der Waals surface area contributed by atoms with E-state index in [0.29, 0.717) is 0 Å². The van der Waals surface area contributed by atoms with Crippen molar-refractivity contribution in [3.63, 3.8) is 0 Å². The largest absolute Gasteiger partial charge is 0.381 e. The Morgan fingerprint density at radius 3 is 2.35 bits per heavy atom. The molecular weight excluding hydrogens is 248 g/mol. The minimum Gasteiger partial charge on any atom is -0.381 e. The van der Waals surface area contributed by atoms with Gasteiger partial charge in [0.25, 0.3) is 0 Å². The van der Waals surface area contributed by atoms with Gasteiger partial charge in [-0.2, -0.15) is 0 Å². The summed E-state index contributed by atoms with van der Waals surface area (Å²) in [4.78, 5) is 0. The maximum atomic E-state index is 6.57. The average molecular weight is 266 g/mol. The fraction of sp³-hybridized carbons (Fsp3) is 0.333. The summed E-state index contributed by atoms with van der Waals surface area (Å²) in [5, 5.41) is 0. The number of rotatable bonds is 1. The normalized spacial score (nSPS) is 23.7. The molecule has 1 spiro atoms. The first-order chi connectivity index (χ1) is 9.89. The van der Waals surface area contributed by atoms with E-state index in [1.54, 1.807) is 0 Å². The Balaban J connectivity index is 1.81. The van der Waals surface area contributed by atoms with Crippen molar-refractivity contribution in [3.8, 4) is 0 Å². The lowest BCUT2D eigenvalue weighted by molar-refractivity contribution is -0.121. The molecule has 1 atom stereocenters. The molecule has 1 fully saturated rings. The zero-order chi connectivity index (χ0) is 13.4. The molecule has 0 radical (unpaired) electrons. The van der Waals surface area contributed by atoms with Crippen molar-refractivity contribution in [2.24, 2.45) is 0 Å². The van der Waals surface area contributed by atoms with E-state index in [4.69, 9.17) is 9.47 Å². The van der Waals surface area contributed by atoms with Crippen LogP contribution in [0.25, 0.3) is 0 Å². The molecule has 102 valence electrons. The van der Waals surface area contributed by atoms with Gasteiger partial charge in [0.15, 0.2) is 0 Å². The lowest BCUT2D eigenvalue weighted by Crippen LogP contribution is -2.33. The molecular formula is C18H18O2. The molecule has 0 saturated carbocycles. The highest BCUT2D eigenvalue weighted by Crippen LogP contribution is 2.50. The molecule has 0 aliphatic carbocycles. The van der Waals surface area contributed by atoms with Crippen molar-refractivity contribution in [2.75, 3.05) is 13.2 Å². The van der Waals surface area contributed by atoms with Gasteiger partial charge in [-0.15, -0.1) is 0 Å². The van der Waals surface area contributed by atoms with Crippen LogP contribution in [0.4, 0.5) is 0 Å². The van der Waals surface area contributed by atoms with E-state index < -0.39 is 0 Å². The van der Waals surface area contributed by atoms with Crippen LogP contribution in [-0.2, 0) is 15.1 Å². The summed E-state index contributed by atoms with van der Waals surface area (Å²) >= 11 is 0. The number of hydrogen-bond donors (Lipinski definition) is 0. The van der Waals surface area contributed by atoms with Crippen LogP contribution in [0.3, 0.4) is 0 Å². The molecule has 1 unspecified atom stereocenters. The van der Waals surface area contributed by atoms with Gasteiger partial charge in [-0.05, 0) is 16.7 Å². The van der Waals surface area contributed by atoms with Crippen molar-refractivity contribution in [1.82, 2.24) is 0 Å². The molecule has 2 aliphatic rings. The molecule has 4 rings (SSSR count). The second-order valence-electron chi connectivity index (χ2n) is 5.60. The molecule has 0 aromatic heterocycles. The van der Waals surface area contributed by atoms with Crippen LogP contribution in [0.15, 0.2) is 54.6 Å². The van der Waals surface area contributed by atoms with E-state index in [1.165, 1.54) is 16.7 Å². The van der Waals surface area contributed by atoms with Gasteiger partial charge in [0.1, 0.15) is 6.10 Å². The van der Waals surface area contributed by atoms with Crippen LogP contribution < -0.4 is 0 Å². The summed E-state index contributed by atoms with van der Waals surface area (Å²) in [6.07, 6.45) is 1.96. The Kier molecular flexibility index (Phi) is 2.86. The van der Waals surface area contributed by atoms with E-state index in [1.807, 2.05) is 0 Å². The van der Waals surface area contributed by atoms with Gasteiger partial charge in [-0.1, -0.05) is 54.6 Å². The molecule has 2 aliphatic heterocycles. The summed E-state index contributed by atoms with van der Waals surface area (Å²) in [6.45, 7) is 1.58. The van der Waals surface area contributed by atoms with Crippen LogP contribution in [0, 0.1) is 0 Å². The van der Waals surface area contributed by atoms with Crippen LogP contribution in [0.2, 0.25) is 0 Å². The summed E-state index contributed by atoms with van der Waals surface area (Å²) in [5.74, 6) is 0. The van der Waals surface area contributed by atoms with E-state index in [-0.39, 0.29) is 11.7 Å². The molecule has 2 heterocycles. The first-order valence-electron chi connectivity index (χ1n) is 7.29. The van der Waals surface area contributed by atoms with E-state index >= 15 is 0 Å². The number of ether oxygens (including phenoxy) is 2. The quantitative estimate of drug-likeness (QED) is 0.781. The Labute approximate surface area is 119 Å². The number of benzene rings is 2. The second-order valence-corrected chi connectivity index (χ2v) is 5.60. The molecule has 2 nitrogen and oxygen atoms in total. The second kappa shape index (κ2) is 4.72. The SMILES string of the molecule is c1ccc(C2OC3(CCOCC3)c3ccccc32)cc1. The van der Waals surface area contributed by atoms with E-state index in [9.17, 15) is 0 Å². The highest BCUT2D eigenvalue weighted by atomic mass is 16.5. The van der Waals surface area contributed by atoms with Gasteiger partial charge >= 0.3 is 0 Å². The van der Waals surface area contributed by atoms with Gasteiger partial charge < -0.3 is 9.47 Å². The lowest BCUT2D eigenvalue weighted by atomic mass is 9.85. The zero-order valence-corrected chi connectivity index (χ0v) is 11.4. The molecule has 2 aromatic carbocycles. The Morgan fingerprint density at radius 1 is 0.850 bits per heavy atom. The smallest absolute Gasteiger partial charge is 0.109 e. The third-order valence-electron chi connectivity index (χ3n) is 4.48. The van der Waals surface area contributed by atoms with Crippen molar-refractivity contribution in [3.05, 3.63) is 71.3 Å². The number of hydrogen-bond acceptors (Lipinski definition) is 2. The van der Waals surface area contributed by atoms with Gasteiger partial charge in [-0.3, -0.25) is 0 Å².